The molecule has 2 fully saturated rings. The van der Waals surface area contributed by atoms with E-state index in [4.69, 9.17) is 4.74 Å². The van der Waals surface area contributed by atoms with Gasteiger partial charge in [-0.05, 0) is 50.6 Å². The average molecular weight is 332 g/mol. The fraction of sp³-hybridized carbons (Fsp3) is 0.632. The number of aliphatic hydroxyl groups is 1. The largest absolute Gasteiger partial charge is 0.394 e. The van der Waals surface area contributed by atoms with E-state index in [2.05, 4.69) is 17.0 Å². The highest BCUT2D eigenvalue weighted by atomic mass is 16.5. The Morgan fingerprint density at radius 3 is 2.58 bits per heavy atom. The first-order valence-electron chi connectivity index (χ1n) is 9.02. The third-order valence-electron chi connectivity index (χ3n) is 5.03. The fourth-order valence-electron chi connectivity index (χ4n) is 3.51. The number of carbonyl (C=O) groups is 1. The van der Waals surface area contributed by atoms with Gasteiger partial charge in [0.05, 0.1) is 25.4 Å². The number of ether oxygens (including phenoxy) is 1. The third kappa shape index (κ3) is 4.15. The summed E-state index contributed by atoms with van der Waals surface area (Å²) in [5.41, 5.74) is 1.97. The standard InChI is InChI=1S/C19H28N2O3/c1-15-14-24-18(13-22)12-21(15)19(23)17-7-5-16(6-8-17)11-20-9-3-2-4-10-20/h5-8,15,18,22H,2-4,9-14H2,1H3/t15-,18-/m1/s1. The van der Waals surface area contributed by atoms with Crippen molar-refractivity contribution < 1.29 is 14.6 Å². The van der Waals surface area contributed by atoms with Crippen LogP contribution in [0, 0.1) is 0 Å². The molecule has 2 aliphatic heterocycles. The van der Waals surface area contributed by atoms with Gasteiger partial charge >= 0.3 is 0 Å². The number of carbonyl (C=O) groups excluding carboxylic acids is 1. The van der Waals surface area contributed by atoms with Crippen molar-refractivity contribution in [1.82, 2.24) is 9.80 Å². The molecule has 1 aromatic carbocycles. The maximum atomic E-state index is 12.8. The Labute approximate surface area is 144 Å². The lowest BCUT2D eigenvalue weighted by Crippen LogP contribution is -2.52. The van der Waals surface area contributed by atoms with Crippen molar-refractivity contribution in [3.63, 3.8) is 0 Å². The molecule has 1 N–H and O–H groups in total. The molecule has 2 atom stereocenters. The van der Waals surface area contributed by atoms with Gasteiger partial charge in [0.15, 0.2) is 0 Å². The van der Waals surface area contributed by atoms with Crippen LogP contribution >= 0.6 is 0 Å². The zero-order valence-electron chi connectivity index (χ0n) is 14.5. The van der Waals surface area contributed by atoms with Gasteiger partial charge in [-0.25, -0.2) is 0 Å². The van der Waals surface area contributed by atoms with Crippen LogP contribution < -0.4 is 0 Å². The van der Waals surface area contributed by atoms with Crippen LogP contribution in [0.25, 0.3) is 0 Å². The van der Waals surface area contributed by atoms with Crippen molar-refractivity contribution in [3.05, 3.63) is 35.4 Å². The maximum Gasteiger partial charge on any atom is 0.254 e. The van der Waals surface area contributed by atoms with Crippen molar-refractivity contribution in [1.29, 1.82) is 0 Å². The molecule has 24 heavy (non-hydrogen) atoms. The number of aliphatic hydroxyl groups excluding tert-OH is 1. The molecule has 0 saturated carbocycles. The Morgan fingerprint density at radius 2 is 1.92 bits per heavy atom. The van der Waals surface area contributed by atoms with Gasteiger partial charge in [0.2, 0.25) is 0 Å². The zero-order chi connectivity index (χ0) is 16.9. The van der Waals surface area contributed by atoms with Crippen molar-refractivity contribution in [3.8, 4) is 0 Å². The predicted molar refractivity (Wildman–Crippen MR) is 92.9 cm³/mol. The van der Waals surface area contributed by atoms with E-state index >= 15 is 0 Å². The molecular weight excluding hydrogens is 304 g/mol. The molecule has 0 radical (unpaired) electrons. The summed E-state index contributed by atoms with van der Waals surface area (Å²) in [6.07, 6.45) is 3.65. The Kier molecular flexibility index (Phi) is 5.87. The number of likely N-dealkylation sites (tertiary alicyclic amines) is 1. The van der Waals surface area contributed by atoms with Gasteiger partial charge in [-0.1, -0.05) is 18.6 Å². The fourth-order valence-corrected chi connectivity index (χ4v) is 3.51. The molecule has 5 nitrogen and oxygen atoms in total. The second-order valence-corrected chi connectivity index (χ2v) is 6.98. The molecule has 0 aromatic heterocycles. The normalized spacial score (nSPS) is 25.7. The second-order valence-electron chi connectivity index (χ2n) is 6.98. The molecule has 0 bridgehead atoms. The van der Waals surface area contributed by atoms with Crippen LogP contribution in [0.1, 0.15) is 42.1 Å². The lowest BCUT2D eigenvalue weighted by molar-refractivity contribution is -0.0667. The van der Waals surface area contributed by atoms with Crippen LogP contribution in [0.4, 0.5) is 0 Å². The van der Waals surface area contributed by atoms with E-state index in [0.29, 0.717) is 18.7 Å². The highest BCUT2D eigenvalue weighted by Gasteiger charge is 2.29. The van der Waals surface area contributed by atoms with E-state index in [0.717, 1.165) is 6.54 Å². The number of nitrogens with zero attached hydrogens (tertiary/aromatic N) is 2. The van der Waals surface area contributed by atoms with E-state index in [1.165, 1.54) is 37.9 Å². The molecule has 0 unspecified atom stereocenters. The maximum absolute atomic E-state index is 12.8. The summed E-state index contributed by atoms with van der Waals surface area (Å²) in [6.45, 7) is 6.18. The number of hydrogen-bond acceptors (Lipinski definition) is 4. The lowest BCUT2D eigenvalue weighted by Gasteiger charge is -2.37. The molecule has 0 spiro atoms. The monoisotopic (exact) mass is 332 g/mol. The molecule has 2 aliphatic rings. The lowest BCUT2D eigenvalue weighted by atomic mass is 10.1. The minimum atomic E-state index is -0.275. The summed E-state index contributed by atoms with van der Waals surface area (Å²) in [6, 6.07) is 8.02. The summed E-state index contributed by atoms with van der Waals surface area (Å²) < 4.78 is 5.51. The van der Waals surface area contributed by atoms with Crippen molar-refractivity contribution in [2.75, 3.05) is 32.8 Å². The highest BCUT2D eigenvalue weighted by Crippen LogP contribution is 2.17. The van der Waals surface area contributed by atoms with E-state index < -0.39 is 0 Å². The third-order valence-corrected chi connectivity index (χ3v) is 5.03. The van der Waals surface area contributed by atoms with Crippen molar-refractivity contribution >= 4 is 5.91 Å². The summed E-state index contributed by atoms with van der Waals surface area (Å²) in [5.74, 6) is 0.0220. The summed E-state index contributed by atoms with van der Waals surface area (Å²) in [7, 11) is 0. The van der Waals surface area contributed by atoms with Crippen molar-refractivity contribution in [2.24, 2.45) is 0 Å². The first-order chi connectivity index (χ1) is 11.7. The number of amides is 1. The molecular formula is C19H28N2O3. The van der Waals surface area contributed by atoms with Crippen LogP contribution in [0.5, 0.6) is 0 Å². The first-order valence-corrected chi connectivity index (χ1v) is 9.02. The van der Waals surface area contributed by atoms with Gasteiger partial charge < -0.3 is 14.7 Å². The predicted octanol–water partition coefficient (Wildman–Crippen LogP) is 1.89. The minimum absolute atomic E-state index is 0.0220. The van der Waals surface area contributed by atoms with Crippen LogP contribution in [-0.4, -0.2) is 65.8 Å². The van der Waals surface area contributed by atoms with E-state index in [1.54, 1.807) is 0 Å². The van der Waals surface area contributed by atoms with E-state index in [9.17, 15) is 9.90 Å². The Morgan fingerprint density at radius 1 is 1.21 bits per heavy atom. The smallest absolute Gasteiger partial charge is 0.254 e. The van der Waals surface area contributed by atoms with Gasteiger partial charge in [0, 0.05) is 18.7 Å². The Hall–Kier alpha value is -1.43. The number of piperidine rings is 1. The Bertz CT molecular complexity index is 540. The van der Waals surface area contributed by atoms with Crippen LogP contribution in [0.2, 0.25) is 0 Å². The van der Waals surface area contributed by atoms with Gasteiger partial charge in [-0.15, -0.1) is 0 Å². The summed E-state index contributed by atoms with van der Waals surface area (Å²) in [4.78, 5) is 17.0. The first kappa shape index (κ1) is 17.4. The summed E-state index contributed by atoms with van der Waals surface area (Å²) in [5, 5.41) is 9.27. The number of morpholine rings is 1. The van der Waals surface area contributed by atoms with E-state index in [-0.39, 0.29) is 24.7 Å². The van der Waals surface area contributed by atoms with Crippen molar-refractivity contribution in [2.45, 2.75) is 44.9 Å². The zero-order valence-corrected chi connectivity index (χ0v) is 14.5. The molecule has 0 aliphatic carbocycles. The van der Waals surface area contributed by atoms with Gasteiger partial charge in [-0.2, -0.15) is 0 Å². The minimum Gasteiger partial charge on any atom is -0.394 e. The van der Waals surface area contributed by atoms with Crippen LogP contribution in [0.3, 0.4) is 0 Å². The van der Waals surface area contributed by atoms with E-state index in [1.807, 2.05) is 24.0 Å². The Balaban J connectivity index is 1.62. The highest BCUT2D eigenvalue weighted by molar-refractivity contribution is 5.94. The molecule has 5 heteroatoms. The average Bonchev–Trinajstić information content (AvgIpc) is 2.63. The van der Waals surface area contributed by atoms with Gasteiger partial charge in [-0.3, -0.25) is 9.69 Å². The molecule has 3 rings (SSSR count). The molecule has 1 aromatic rings. The molecule has 1 amide bonds. The van der Waals surface area contributed by atoms with Crippen LogP contribution in [0.15, 0.2) is 24.3 Å². The number of benzene rings is 1. The number of rotatable bonds is 4. The topological polar surface area (TPSA) is 53.0 Å². The summed E-state index contributed by atoms with van der Waals surface area (Å²) >= 11 is 0. The number of hydrogen-bond donors (Lipinski definition) is 1. The van der Waals surface area contributed by atoms with Gasteiger partial charge in [0.1, 0.15) is 0 Å². The van der Waals surface area contributed by atoms with Crippen LogP contribution in [-0.2, 0) is 11.3 Å². The SMILES string of the molecule is C[C@@H]1CO[C@@H](CO)CN1C(=O)c1ccc(CN2CCCCC2)cc1. The van der Waals surface area contributed by atoms with Gasteiger partial charge in [0.25, 0.3) is 5.91 Å². The quantitative estimate of drug-likeness (QED) is 0.915. The second kappa shape index (κ2) is 8.10. The molecule has 132 valence electrons. The molecule has 2 heterocycles. The molecule has 2 saturated heterocycles.